The Morgan fingerprint density at radius 3 is 2.88 bits per heavy atom. The van der Waals surface area contributed by atoms with Gasteiger partial charge in [-0.25, -0.2) is 4.98 Å². The van der Waals surface area contributed by atoms with Crippen molar-refractivity contribution >= 4 is 11.8 Å². The van der Waals surface area contributed by atoms with E-state index in [2.05, 4.69) is 36.3 Å². The SMILES string of the molecule is CCNC(C)c1ccc(SCCOC)nc1. The van der Waals surface area contributed by atoms with Crippen LogP contribution in [0.3, 0.4) is 0 Å². The zero-order chi connectivity index (χ0) is 11.8. The van der Waals surface area contributed by atoms with Crippen LogP contribution < -0.4 is 5.32 Å². The van der Waals surface area contributed by atoms with E-state index in [1.165, 1.54) is 5.56 Å². The molecule has 1 rings (SSSR count). The van der Waals surface area contributed by atoms with Crippen molar-refractivity contribution in [2.45, 2.75) is 24.9 Å². The number of aromatic nitrogens is 1. The summed E-state index contributed by atoms with van der Waals surface area (Å²) in [4.78, 5) is 4.42. The summed E-state index contributed by atoms with van der Waals surface area (Å²) in [5.74, 6) is 0.950. The fourth-order valence-corrected chi connectivity index (χ4v) is 2.14. The largest absolute Gasteiger partial charge is 0.384 e. The molecule has 0 saturated carbocycles. The minimum Gasteiger partial charge on any atom is -0.384 e. The molecule has 16 heavy (non-hydrogen) atoms. The first kappa shape index (κ1) is 13.5. The summed E-state index contributed by atoms with van der Waals surface area (Å²) in [6, 6.07) is 4.58. The van der Waals surface area contributed by atoms with Crippen molar-refractivity contribution in [1.29, 1.82) is 0 Å². The number of hydrogen-bond donors (Lipinski definition) is 1. The predicted molar refractivity (Wildman–Crippen MR) is 68.9 cm³/mol. The van der Waals surface area contributed by atoms with Crippen molar-refractivity contribution < 1.29 is 4.74 Å². The number of rotatable bonds is 7. The van der Waals surface area contributed by atoms with Crippen LogP contribution in [0.25, 0.3) is 0 Å². The standard InChI is InChI=1S/C12H20N2OS/c1-4-13-10(2)11-5-6-12(14-9-11)16-8-7-15-3/h5-6,9-10,13H,4,7-8H2,1-3H3. The van der Waals surface area contributed by atoms with Gasteiger partial charge >= 0.3 is 0 Å². The molecule has 0 amide bonds. The van der Waals surface area contributed by atoms with Crippen LogP contribution in [0.4, 0.5) is 0 Å². The van der Waals surface area contributed by atoms with Crippen LogP contribution in [-0.4, -0.2) is 31.0 Å². The monoisotopic (exact) mass is 240 g/mol. The van der Waals surface area contributed by atoms with Crippen LogP contribution in [0.1, 0.15) is 25.5 Å². The average Bonchev–Trinajstić information content (AvgIpc) is 2.30. The highest BCUT2D eigenvalue weighted by atomic mass is 32.2. The molecule has 0 aliphatic rings. The van der Waals surface area contributed by atoms with E-state index in [1.807, 2.05) is 6.20 Å². The van der Waals surface area contributed by atoms with Gasteiger partial charge in [-0.1, -0.05) is 13.0 Å². The van der Waals surface area contributed by atoms with Gasteiger partial charge in [0.1, 0.15) is 0 Å². The van der Waals surface area contributed by atoms with Crippen molar-refractivity contribution in [3.05, 3.63) is 23.9 Å². The lowest BCUT2D eigenvalue weighted by Crippen LogP contribution is -2.17. The number of thioether (sulfide) groups is 1. The van der Waals surface area contributed by atoms with E-state index in [-0.39, 0.29) is 0 Å². The van der Waals surface area contributed by atoms with Crippen molar-refractivity contribution in [3.63, 3.8) is 0 Å². The predicted octanol–water partition coefficient (Wildman–Crippen LogP) is 2.49. The maximum atomic E-state index is 5.00. The Morgan fingerprint density at radius 2 is 2.31 bits per heavy atom. The van der Waals surface area contributed by atoms with Gasteiger partial charge in [-0.2, -0.15) is 0 Å². The summed E-state index contributed by atoms with van der Waals surface area (Å²) in [5.41, 5.74) is 1.23. The molecule has 1 heterocycles. The Labute approximate surface area is 102 Å². The van der Waals surface area contributed by atoms with Gasteiger partial charge in [0.25, 0.3) is 0 Å². The van der Waals surface area contributed by atoms with Gasteiger partial charge < -0.3 is 10.1 Å². The average molecular weight is 240 g/mol. The highest BCUT2D eigenvalue weighted by Gasteiger charge is 2.03. The Balaban J connectivity index is 2.47. The third kappa shape index (κ3) is 4.51. The lowest BCUT2D eigenvalue weighted by Gasteiger charge is -2.12. The van der Waals surface area contributed by atoms with Crippen molar-refractivity contribution in [2.75, 3.05) is 26.0 Å². The molecule has 0 fully saturated rings. The molecule has 1 atom stereocenters. The number of pyridine rings is 1. The van der Waals surface area contributed by atoms with E-state index in [1.54, 1.807) is 18.9 Å². The van der Waals surface area contributed by atoms with Gasteiger partial charge in [0.05, 0.1) is 11.6 Å². The zero-order valence-corrected chi connectivity index (χ0v) is 11.0. The molecule has 0 aliphatic carbocycles. The second-order valence-corrected chi connectivity index (χ2v) is 4.67. The summed E-state index contributed by atoms with van der Waals surface area (Å²) in [5, 5.41) is 4.43. The quantitative estimate of drug-likeness (QED) is 0.586. The van der Waals surface area contributed by atoms with E-state index in [0.29, 0.717) is 6.04 Å². The highest BCUT2D eigenvalue weighted by molar-refractivity contribution is 7.99. The molecular weight excluding hydrogens is 220 g/mol. The molecule has 1 aromatic rings. The van der Waals surface area contributed by atoms with Gasteiger partial charge in [-0.3, -0.25) is 0 Å². The number of nitrogens with zero attached hydrogens (tertiary/aromatic N) is 1. The van der Waals surface area contributed by atoms with Crippen LogP contribution in [0.15, 0.2) is 23.4 Å². The third-order valence-electron chi connectivity index (χ3n) is 2.31. The van der Waals surface area contributed by atoms with E-state index >= 15 is 0 Å². The molecule has 0 bridgehead atoms. The molecule has 3 nitrogen and oxygen atoms in total. The number of ether oxygens (including phenoxy) is 1. The van der Waals surface area contributed by atoms with E-state index in [9.17, 15) is 0 Å². The fourth-order valence-electron chi connectivity index (χ4n) is 1.39. The molecule has 4 heteroatoms. The molecule has 0 spiro atoms. The molecule has 1 N–H and O–H groups in total. The highest BCUT2D eigenvalue weighted by Crippen LogP contribution is 2.17. The molecule has 0 saturated heterocycles. The van der Waals surface area contributed by atoms with E-state index in [0.717, 1.165) is 23.9 Å². The first-order valence-corrected chi connectivity index (χ1v) is 6.57. The molecular formula is C12H20N2OS. The fraction of sp³-hybridized carbons (Fsp3) is 0.583. The second-order valence-electron chi connectivity index (χ2n) is 3.55. The minimum absolute atomic E-state index is 0.371. The van der Waals surface area contributed by atoms with Crippen LogP contribution in [-0.2, 0) is 4.74 Å². The topological polar surface area (TPSA) is 34.1 Å². The van der Waals surface area contributed by atoms with Gasteiger partial charge in [0.15, 0.2) is 0 Å². The molecule has 0 aromatic carbocycles. The smallest absolute Gasteiger partial charge is 0.0960 e. The number of methoxy groups -OCH3 is 1. The molecule has 0 aliphatic heterocycles. The Morgan fingerprint density at radius 1 is 1.50 bits per heavy atom. The summed E-state index contributed by atoms with van der Waals surface area (Å²) in [7, 11) is 1.72. The first-order chi connectivity index (χ1) is 7.77. The van der Waals surface area contributed by atoms with Crippen molar-refractivity contribution in [1.82, 2.24) is 10.3 Å². The molecule has 90 valence electrons. The van der Waals surface area contributed by atoms with E-state index in [4.69, 9.17) is 4.74 Å². The maximum absolute atomic E-state index is 5.00. The zero-order valence-electron chi connectivity index (χ0n) is 10.2. The second kappa shape index (κ2) is 7.65. The Hall–Kier alpha value is -0.580. The molecule has 1 unspecified atom stereocenters. The van der Waals surface area contributed by atoms with Gasteiger partial charge in [0.2, 0.25) is 0 Å². The van der Waals surface area contributed by atoms with Crippen LogP contribution in [0.2, 0.25) is 0 Å². The van der Waals surface area contributed by atoms with Gasteiger partial charge in [-0.05, 0) is 25.1 Å². The molecule has 0 radical (unpaired) electrons. The van der Waals surface area contributed by atoms with Crippen LogP contribution in [0.5, 0.6) is 0 Å². The van der Waals surface area contributed by atoms with Crippen LogP contribution in [0, 0.1) is 0 Å². The van der Waals surface area contributed by atoms with Crippen molar-refractivity contribution in [3.8, 4) is 0 Å². The van der Waals surface area contributed by atoms with Crippen LogP contribution >= 0.6 is 11.8 Å². The van der Waals surface area contributed by atoms with Gasteiger partial charge in [0, 0.05) is 25.1 Å². The minimum atomic E-state index is 0.371. The summed E-state index contributed by atoms with van der Waals surface area (Å²) in [6.07, 6.45) is 1.95. The van der Waals surface area contributed by atoms with E-state index < -0.39 is 0 Å². The lowest BCUT2D eigenvalue weighted by atomic mass is 10.1. The summed E-state index contributed by atoms with van der Waals surface area (Å²) < 4.78 is 5.00. The Kier molecular flexibility index (Phi) is 6.45. The number of nitrogens with one attached hydrogen (secondary N) is 1. The van der Waals surface area contributed by atoms with Gasteiger partial charge in [-0.15, -0.1) is 11.8 Å². The molecule has 1 aromatic heterocycles. The summed E-state index contributed by atoms with van der Waals surface area (Å²) in [6.45, 7) is 6.00. The maximum Gasteiger partial charge on any atom is 0.0960 e. The number of hydrogen-bond acceptors (Lipinski definition) is 4. The first-order valence-electron chi connectivity index (χ1n) is 5.59. The third-order valence-corrected chi connectivity index (χ3v) is 3.21. The summed E-state index contributed by atoms with van der Waals surface area (Å²) >= 11 is 1.72. The normalized spacial score (nSPS) is 12.7. The Bertz CT molecular complexity index is 290. The lowest BCUT2D eigenvalue weighted by molar-refractivity contribution is 0.218. The van der Waals surface area contributed by atoms with Crippen molar-refractivity contribution in [2.24, 2.45) is 0 Å².